The Morgan fingerprint density at radius 1 is 1.62 bits per heavy atom. The third kappa shape index (κ3) is 2.05. The Bertz CT molecular complexity index is 413. The molecule has 0 amide bonds. The maximum atomic E-state index is 9.22. The predicted molar refractivity (Wildman–Crippen MR) is 63.7 cm³/mol. The molecule has 0 aromatic carbocycles. The molecule has 2 heterocycles. The van der Waals surface area contributed by atoms with Crippen molar-refractivity contribution in [2.75, 3.05) is 13.6 Å². The fraction of sp³-hybridized carbons (Fsp3) is 0.800. The molecule has 1 fully saturated rings. The quantitative estimate of drug-likeness (QED) is 0.762. The topological polar surface area (TPSA) is 57.1 Å². The van der Waals surface area contributed by atoms with Crippen molar-refractivity contribution in [3.8, 4) is 0 Å². The standard InChI is InChI=1S/C10H18N4OS/c1-7-5-8(3-4-13(7)2)14-9(6-15)11-12-10(14)16/h7-8,15H,3-6H2,1-2H3,(H,12,16). The van der Waals surface area contributed by atoms with Gasteiger partial charge in [0.15, 0.2) is 10.6 Å². The number of aromatic amines is 1. The largest absolute Gasteiger partial charge is 0.388 e. The molecule has 2 unspecified atom stereocenters. The lowest BCUT2D eigenvalue weighted by molar-refractivity contribution is 0.150. The first-order valence-corrected chi connectivity index (χ1v) is 6.01. The molecule has 1 saturated heterocycles. The fourth-order valence-corrected chi connectivity index (χ4v) is 2.62. The second-order valence-corrected chi connectivity index (χ2v) is 4.87. The van der Waals surface area contributed by atoms with Crippen LogP contribution >= 0.6 is 12.2 Å². The van der Waals surface area contributed by atoms with E-state index in [1.165, 1.54) is 0 Å². The van der Waals surface area contributed by atoms with Crippen LogP contribution in [0.3, 0.4) is 0 Å². The molecule has 1 aromatic rings. The van der Waals surface area contributed by atoms with Crippen LogP contribution in [0, 0.1) is 4.77 Å². The molecule has 2 N–H and O–H groups in total. The van der Waals surface area contributed by atoms with Crippen molar-refractivity contribution in [1.82, 2.24) is 19.7 Å². The minimum atomic E-state index is -0.0616. The van der Waals surface area contributed by atoms with Crippen LogP contribution in [0.15, 0.2) is 0 Å². The predicted octanol–water partition coefficient (Wildman–Crippen LogP) is 1.09. The molecule has 1 aliphatic rings. The van der Waals surface area contributed by atoms with E-state index in [1.54, 1.807) is 0 Å². The molecule has 6 heteroatoms. The number of hydrogen-bond donors (Lipinski definition) is 2. The Labute approximate surface area is 100 Å². The number of rotatable bonds is 2. The summed E-state index contributed by atoms with van der Waals surface area (Å²) in [6, 6.07) is 0.904. The van der Waals surface area contributed by atoms with Crippen molar-refractivity contribution < 1.29 is 5.11 Å². The van der Waals surface area contributed by atoms with E-state index in [4.69, 9.17) is 12.2 Å². The summed E-state index contributed by atoms with van der Waals surface area (Å²) in [5.74, 6) is 0.645. The highest BCUT2D eigenvalue weighted by atomic mass is 32.1. The molecule has 5 nitrogen and oxygen atoms in total. The van der Waals surface area contributed by atoms with Gasteiger partial charge in [-0.2, -0.15) is 5.10 Å². The van der Waals surface area contributed by atoms with Gasteiger partial charge in [0.05, 0.1) is 0 Å². The average Bonchev–Trinajstić information content (AvgIpc) is 2.64. The SMILES string of the molecule is CC1CC(n2c(CO)n[nH]c2=S)CCN1C. The molecule has 0 spiro atoms. The van der Waals surface area contributed by atoms with Gasteiger partial charge in [0.25, 0.3) is 0 Å². The Morgan fingerprint density at radius 3 is 3.00 bits per heavy atom. The molecule has 0 bridgehead atoms. The monoisotopic (exact) mass is 242 g/mol. The lowest BCUT2D eigenvalue weighted by Crippen LogP contribution is -2.38. The number of aliphatic hydroxyl groups excluding tert-OH is 1. The maximum Gasteiger partial charge on any atom is 0.195 e. The van der Waals surface area contributed by atoms with Gasteiger partial charge in [0, 0.05) is 18.6 Å². The van der Waals surface area contributed by atoms with E-state index in [2.05, 4.69) is 29.1 Å². The molecule has 1 aliphatic heterocycles. The summed E-state index contributed by atoms with van der Waals surface area (Å²) in [6.45, 7) is 3.21. The molecule has 0 saturated carbocycles. The van der Waals surface area contributed by atoms with Crippen molar-refractivity contribution in [3.63, 3.8) is 0 Å². The van der Waals surface area contributed by atoms with Crippen LogP contribution in [-0.2, 0) is 6.61 Å². The van der Waals surface area contributed by atoms with Gasteiger partial charge in [0.1, 0.15) is 6.61 Å². The van der Waals surface area contributed by atoms with E-state index < -0.39 is 0 Å². The van der Waals surface area contributed by atoms with E-state index >= 15 is 0 Å². The van der Waals surface area contributed by atoms with Gasteiger partial charge >= 0.3 is 0 Å². The molecule has 90 valence electrons. The van der Waals surface area contributed by atoms with Crippen molar-refractivity contribution in [3.05, 3.63) is 10.6 Å². The van der Waals surface area contributed by atoms with Crippen molar-refractivity contribution >= 4 is 12.2 Å². The molecule has 2 rings (SSSR count). The van der Waals surface area contributed by atoms with Crippen LogP contribution in [-0.4, -0.2) is 44.4 Å². The molecular formula is C10H18N4OS. The number of aromatic nitrogens is 3. The van der Waals surface area contributed by atoms with Crippen LogP contribution in [0.1, 0.15) is 31.6 Å². The lowest BCUT2D eigenvalue weighted by atomic mass is 9.99. The minimum absolute atomic E-state index is 0.0616. The Kier molecular flexibility index (Phi) is 3.41. The van der Waals surface area contributed by atoms with Gasteiger partial charge in [-0.05, 0) is 39.0 Å². The van der Waals surface area contributed by atoms with Crippen LogP contribution in [0.4, 0.5) is 0 Å². The summed E-state index contributed by atoms with van der Waals surface area (Å²) in [5, 5.41) is 16.0. The smallest absolute Gasteiger partial charge is 0.195 e. The van der Waals surface area contributed by atoms with Crippen LogP contribution in [0.2, 0.25) is 0 Å². The van der Waals surface area contributed by atoms with Gasteiger partial charge in [-0.15, -0.1) is 0 Å². The van der Waals surface area contributed by atoms with Gasteiger partial charge in [-0.25, -0.2) is 0 Å². The molecule has 0 aliphatic carbocycles. The second-order valence-electron chi connectivity index (χ2n) is 4.48. The first-order valence-electron chi connectivity index (χ1n) is 5.60. The van der Waals surface area contributed by atoms with Gasteiger partial charge in [0.2, 0.25) is 0 Å². The highest BCUT2D eigenvalue weighted by Crippen LogP contribution is 2.27. The molecule has 0 radical (unpaired) electrons. The summed E-state index contributed by atoms with van der Waals surface area (Å²) >= 11 is 5.21. The minimum Gasteiger partial charge on any atom is -0.388 e. The Hall–Kier alpha value is -0.720. The van der Waals surface area contributed by atoms with E-state index in [-0.39, 0.29) is 6.61 Å². The molecule has 16 heavy (non-hydrogen) atoms. The number of nitrogens with one attached hydrogen (secondary N) is 1. The highest BCUT2D eigenvalue weighted by Gasteiger charge is 2.26. The van der Waals surface area contributed by atoms with E-state index in [0.717, 1.165) is 19.4 Å². The van der Waals surface area contributed by atoms with E-state index in [1.807, 2.05) is 4.57 Å². The summed E-state index contributed by atoms with van der Waals surface area (Å²) in [5.41, 5.74) is 0. The van der Waals surface area contributed by atoms with Gasteiger partial charge in [-0.1, -0.05) is 0 Å². The number of piperidine rings is 1. The number of hydrogen-bond acceptors (Lipinski definition) is 4. The average molecular weight is 242 g/mol. The number of likely N-dealkylation sites (tertiary alicyclic amines) is 1. The third-order valence-corrected chi connectivity index (χ3v) is 3.75. The summed E-state index contributed by atoms with van der Waals surface area (Å²) < 4.78 is 2.59. The van der Waals surface area contributed by atoms with Crippen LogP contribution in [0.5, 0.6) is 0 Å². The first-order chi connectivity index (χ1) is 7.63. The van der Waals surface area contributed by atoms with Crippen molar-refractivity contribution in [1.29, 1.82) is 0 Å². The number of nitrogens with zero attached hydrogens (tertiary/aromatic N) is 3. The van der Waals surface area contributed by atoms with Crippen molar-refractivity contribution in [2.45, 2.75) is 38.5 Å². The molecule has 1 aromatic heterocycles. The number of aliphatic hydroxyl groups is 1. The maximum absolute atomic E-state index is 9.22. The lowest BCUT2D eigenvalue weighted by Gasteiger charge is -2.35. The summed E-state index contributed by atoms with van der Waals surface area (Å²) in [7, 11) is 2.14. The highest BCUT2D eigenvalue weighted by molar-refractivity contribution is 7.71. The normalized spacial score (nSPS) is 27.2. The van der Waals surface area contributed by atoms with Gasteiger partial charge < -0.3 is 10.0 Å². The summed E-state index contributed by atoms with van der Waals surface area (Å²) in [6.07, 6.45) is 2.11. The van der Waals surface area contributed by atoms with Crippen LogP contribution in [0.25, 0.3) is 0 Å². The first kappa shape index (κ1) is 11.8. The zero-order valence-electron chi connectivity index (χ0n) is 9.68. The zero-order valence-corrected chi connectivity index (χ0v) is 10.5. The fourth-order valence-electron chi connectivity index (χ4n) is 2.32. The zero-order chi connectivity index (χ0) is 11.7. The second kappa shape index (κ2) is 4.65. The third-order valence-electron chi connectivity index (χ3n) is 3.46. The molecule has 2 atom stereocenters. The van der Waals surface area contributed by atoms with Gasteiger partial charge in [-0.3, -0.25) is 9.67 Å². The Balaban J connectivity index is 2.24. The molecular weight excluding hydrogens is 224 g/mol. The van der Waals surface area contributed by atoms with Crippen molar-refractivity contribution in [2.24, 2.45) is 0 Å². The summed E-state index contributed by atoms with van der Waals surface area (Å²) in [4.78, 5) is 2.35. The van der Waals surface area contributed by atoms with E-state index in [9.17, 15) is 5.11 Å². The number of H-pyrrole nitrogens is 1. The van der Waals surface area contributed by atoms with E-state index in [0.29, 0.717) is 22.7 Å². The van der Waals surface area contributed by atoms with Crippen LogP contribution < -0.4 is 0 Å². The Morgan fingerprint density at radius 2 is 2.38 bits per heavy atom.